The van der Waals surface area contributed by atoms with Gasteiger partial charge in [-0.15, -0.1) is 0 Å². The van der Waals surface area contributed by atoms with E-state index in [1.165, 1.54) is 4.90 Å². The number of amides is 1. The maximum atomic E-state index is 12.2. The first-order valence-corrected chi connectivity index (χ1v) is 4.96. The molecule has 1 N–H and O–H groups in total. The van der Waals surface area contributed by atoms with Gasteiger partial charge < -0.3 is 10.2 Å². The van der Waals surface area contributed by atoms with Crippen molar-refractivity contribution in [2.24, 2.45) is 0 Å². The summed E-state index contributed by atoms with van der Waals surface area (Å²) in [6, 6.07) is -0.0113. The second-order valence-corrected chi connectivity index (χ2v) is 3.41. The van der Waals surface area contributed by atoms with Crippen LogP contribution in [0.25, 0.3) is 0 Å². The molecule has 0 radical (unpaired) electrons. The molecule has 0 unspecified atom stereocenters. The van der Waals surface area contributed by atoms with Crippen LogP contribution in [0.1, 0.15) is 19.8 Å². The Morgan fingerprint density at radius 2 is 2.07 bits per heavy atom. The van der Waals surface area contributed by atoms with Crippen molar-refractivity contribution in [2.75, 3.05) is 19.6 Å². The molecule has 1 saturated heterocycles. The van der Waals surface area contributed by atoms with E-state index in [4.69, 9.17) is 0 Å². The lowest BCUT2D eigenvalue weighted by atomic mass is 10.0. The lowest BCUT2D eigenvalue weighted by molar-refractivity contribution is -0.145. The molecule has 5 heteroatoms. The summed E-state index contributed by atoms with van der Waals surface area (Å²) in [6.07, 6.45) is -1.33. The molecule has 0 bridgehead atoms. The van der Waals surface area contributed by atoms with Gasteiger partial charge in [0.1, 0.15) is 0 Å². The average molecular weight is 206 g/mol. The van der Waals surface area contributed by atoms with Crippen LogP contribution in [-0.4, -0.2) is 42.9 Å². The van der Waals surface area contributed by atoms with Gasteiger partial charge in [-0.2, -0.15) is 8.78 Å². The number of carbonyl (C=O) groups is 1. The SMILES string of the molecule is CCN(C(=O)C(F)F)C1CCNCC1. The van der Waals surface area contributed by atoms with Crippen molar-refractivity contribution in [3.05, 3.63) is 0 Å². The number of nitrogens with zero attached hydrogens (tertiary/aromatic N) is 1. The predicted octanol–water partition coefficient (Wildman–Crippen LogP) is 0.852. The molecule has 3 nitrogen and oxygen atoms in total. The third-order valence-electron chi connectivity index (χ3n) is 2.56. The zero-order valence-corrected chi connectivity index (χ0v) is 8.30. The highest BCUT2D eigenvalue weighted by atomic mass is 19.3. The van der Waals surface area contributed by atoms with Crippen molar-refractivity contribution in [3.8, 4) is 0 Å². The number of nitrogens with one attached hydrogen (secondary N) is 1. The van der Waals surface area contributed by atoms with Crippen molar-refractivity contribution in [3.63, 3.8) is 0 Å². The maximum Gasteiger partial charge on any atom is 0.315 e. The third-order valence-corrected chi connectivity index (χ3v) is 2.56. The quantitative estimate of drug-likeness (QED) is 0.742. The summed E-state index contributed by atoms with van der Waals surface area (Å²) in [7, 11) is 0. The molecule has 1 fully saturated rings. The van der Waals surface area contributed by atoms with E-state index in [0.29, 0.717) is 6.54 Å². The Hall–Kier alpha value is -0.710. The van der Waals surface area contributed by atoms with Gasteiger partial charge in [-0.3, -0.25) is 4.79 Å². The topological polar surface area (TPSA) is 32.3 Å². The minimum atomic E-state index is -2.87. The molecule has 1 rings (SSSR count). The van der Waals surface area contributed by atoms with Gasteiger partial charge in [-0.1, -0.05) is 0 Å². The van der Waals surface area contributed by atoms with Crippen LogP contribution in [0.4, 0.5) is 8.78 Å². The first-order valence-electron chi connectivity index (χ1n) is 4.96. The molecule has 1 heterocycles. The summed E-state index contributed by atoms with van der Waals surface area (Å²) in [5.41, 5.74) is 0. The van der Waals surface area contributed by atoms with Gasteiger partial charge in [-0.25, -0.2) is 0 Å². The van der Waals surface area contributed by atoms with E-state index in [-0.39, 0.29) is 6.04 Å². The van der Waals surface area contributed by atoms with Gasteiger partial charge in [0.2, 0.25) is 0 Å². The van der Waals surface area contributed by atoms with Crippen LogP contribution in [-0.2, 0) is 4.79 Å². The van der Waals surface area contributed by atoms with E-state index in [2.05, 4.69) is 5.32 Å². The van der Waals surface area contributed by atoms with Crippen LogP contribution in [0, 0.1) is 0 Å². The van der Waals surface area contributed by atoms with Crippen molar-refractivity contribution < 1.29 is 13.6 Å². The highest BCUT2D eigenvalue weighted by molar-refractivity contribution is 5.79. The zero-order valence-electron chi connectivity index (χ0n) is 8.30. The van der Waals surface area contributed by atoms with Crippen molar-refractivity contribution in [1.29, 1.82) is 0 Å². The molecule has 1 amide bonds. The molecule has 1 aliphatic rings. The summed E-state index contributed by atoms with van der Waals surface area (Å²) in [5, 5.41) is 3.14. The van der Waals surface area contributed by atoms with E-state index in [9.17, 15) is 13.6 Å². The summed E-state index contributed by atoms with van der Waals surface area (Å²) in [4.78, 5) is 12.4. The van der Waals surface area contributed by atoms with E-state index >= 15 is 0 Å². The summed E-state index contributed by atoms with van der Waals surface area (Å²) >= 11 is 0. The number of hydrogen-bond acceptors (Lipinski definition) is 2. The first kappa shape index (κ1) is 11.4. The van der Waals surface area contributed by atoms with Gasteiger partial charge in [0.15, 0.2) is 0 Å². The molecular formula is C9H16F2N2O. The smallest absolute Gasteiger partial charge is 0.315 e. The third kappa shape index (κ3) is 2.64. The number of piperidine rings is 1. The minimum absolute atomic E-state index is 0.0113. The first-order chi connectivity index (χ1) is 6.66. The molecule has 0 aromatic heterocycles. The van der Waals surface area contributed by atoms with Crippen molar-refractivity contribution in [2.45, 2.75) is 32.2 Å². The van der Waals surface area contributed by atoms with Gasteiger partial charge in [0.05, 0.1) is 0 Å². The van der Waals surface area contributed by atoms with Crippen LogP contribution in [0.2, 0.25) is 0 Å². The molecule has 0 spiro atoms. The van der Waals surface area contributed by atoms with Gasteiger partial charge in [-0.05, 0) is 32.9 Å². The maximum absolute atomic E-state index is 12.2. The van der Waals surface area contributed by atoms with E-state index in [1.54, 1.807) is 6.92 Å². The number of halogens is 2. The molecule has 0 aliphatic carbocycles. The number of rotatable bonds is 3. The van der Waals surface area contributed by atoms with E-state index in [1.807, 2.05) is 0 Å². The number of alkyl halides is 2. The van der Waals surface area contributed by atoms with Crippen LogP contribution >= 0.6 is 0 Å². The Bertz CT molecular complexity index is 193. The Morgan fingerprint density at radius 3 is 2.50 bits per heavy atom. The number of hydrogen-bond donors (Lipinski definition) is 1. The Kier molecular flexibility index (Phi) is 4.25. The zero-order chi connectivity index (χ0) is 10.6. The molecular weight excluding hydrogens is 190 g/mol. The second kappa shape index (κ2) is 5.24. The molecule has 14 heavy (non-hydrogen) atoms. The lowest BCUT2D eigenvalue weighted by Gasteiger charge is -2.33. The molecule has 0 aromatic rings. The molecule has 82 valence electrons. The molecule has 1 aliphatic heterocycles. The van der Waals surface area contributed by atoms with E-state index in [0.717, 1.165) is 25.9 Å². The lowest BCUT2D eigenvalue weighted by Crippen LogP contribution is -2.48. The van der Waals surface area contributed by atoms with Gasteiger partial charge in [0, 0.05) is 12.6 Å². The standard InChI is InChI=1S/C9H16F2N2O/c1-2-13(9(14)8(10)11)7-3-5-12-6-4-7/h7-8,12H,2-6H2,1H3. The summed E-state index contributed by atoms with van der Waals surface area (Å²) in [6.45, 7) is 3.71. The van der Waals surface area contributed by atoms with Crippen molar-refractivity contribution >= 4 is 5.91 Å². The Labute approximate surface area is 82.5 Å². The number of carbonyl (C=O) groups excluding carboxylic acids is 1. The second-order valence-electron chi connectivity index (χ2n) is 3.41. The molecule has 0 aromatic carbocycles. The monoisotopic (exact) mass is 206 g/mol. The van der Waals surface area contributed by atoms with Crippen LogP contribution in [0.5, 0.6) is 0 Å². The fourth-order valence-electron chi connectivity index (χ4n) is 1.84. The van der Waals surface area contributed by atoms with Gasteiger partial charge in [0.25, 0.3) is 5.91 Å². The highest BCUT2D eigenvalue weighted by Gasteiger charge is 2.28. The highest BCUT2D eigenvalue weighted by Crippen LogP contribution is 2.14. The van der Waals surface area contributed by atoms with Crippen LogP contribution in [0.3, 0.4) is 0 Å². The largest absolute Gasteiger partial charge is 0.335 e. The molecule has 0 atom stereocenters. The predicted molar refractivity (Wildman–Crippen MR) is 49.3 cm³/mol. The van der Waals surface area contributed by atoms with Crippen LogP contribution in [0.15, 0.2) is 0 Å². The Morgan fingerprint density at radius 1 is 1.50 bits per heavy atom. The van der Waals surface area contributed by atoms with Gasteiger partial charge >= 0.3 is 6.43 Å². The summed E-state index contributed by atoms with van der Waals surface area (Å²) in [5.74, 6) is -1.03. The molecule has 0 saturated carbocycles. The fraction of sp³-hybridized carbons (Fsp3) is 0.889. The Balaban J connectivity index is 2.55. The van der Waals surface area contributed by atoms with E-state index < -0.39 is 12.3 Å². The van der Waals surface area contributed by atoms with Crippen molar-refractivity contribution in [1.82, 2.24) is 10.2 Å². The van der Waals surface area contributed by atoms with Crippen LogP contribution < -0.4 is 5.32 Å². The summed E-state index contributed by atoms with van der Waals surface area (Å²) < 4.78 is 24.4. The minimum Gasteiger partial charge on any atom is -0.335 e. The normalized spacial score (nSPS) is 18.6. The fourth-order valence-corrected chi connectivity index (χ4v) is 1.84. The average Bonchev–Trinajstić information content (AvgIpc) is 2.20.